The van der Waals surface area contributed by atoms with Gasteiger partial charge in [-0.15, -0.1) is 0 Å². The van der Waals surface area contributed by atoms with Gasteiger partial charge in [0.05, 0.1) is 13.7 Å². The number of hydrogen-bond donors (Lipinski definition) is 3. The maximum absolute atomic E-state index is 12.7. The molecule has 9 heteroatoms. The highest BCUT2D eigenvalue weighted by atomic mass is 32.2. The van der Waals surface area contributed by atoms with Crippen LogP contribution in [0.4, 0.5) is 0 Å². The molecule has 0 spiro atoms. The maximum atomic E-state index is 12.7. The lowest BCUT2D eigenvalue weighted by atomic mass is 10.1. The van der Waals surface area contributed by atoms with Gasteiger partial charge in [0.1, 0.15) is 10.6 Å². The number of carbonyl (C=O) groups is 2. The second-order valence-corrected chi connectivity index (χ2v) is 9.32. The van der Waals surface area contributed by atoms with Crippen LogP contribution in [0.15, 0.2) is 53.4 Å². The first-order valence-electron chi connectivity index (χ1n) is 9.33. The molecule has 30 heavy (non-hydrogen) atoms. The van der Waals surface area contributed by atoms with Gasteiger partial charge in [-0.05, 0) is 44.5 Å². The minimum absolute atomic E-state index is 0.0981. The molecule has 0 aromatic heterocycles. The molecule has 0 fully saturated rings. The lowest BCUT2D eigenvalue weighted by Gasteiger charge is -2.21. The summed E-state index contributed by atoms with van der Waals surface area (Å²) in [7, 11) is -2.57. The van der Waals surface area contributed by atoms with Gasteiger partial charge in [-0.2, -0.15) is 0 Å². The Kier molecular flexibility index (Phi) is 7.58. The molecule has 0 unspecified atom stereocenters. The van der Waals surface area contributed by atoms with Crippen molar-refractivity contribution in [1.82, 2.24) is 15.4 Å². The minimum Gasteiger partial charge on any atom is -0.495 e. The average Bonchev–Trinajstić information content (AvgIpc) is 2.69. The molecule has 0 radical (unpaired) electrons. The van der Waals surface area contributed by atoms with Gasteiger partial charge in [-0.1, -0.05) is 30.3 Å². The van der Waals surface area contributed by atoms with E-state index in [2.05, 4.69) is 15.4 Å². The number of sulfonamides is 1. The van der Waals surface area contributed by atoms with Crippen molar-refractivity contribution in [1.29, 1.82) is 0 Å². The second-order valence-electron chi connectivity index (χ2n) is 7.67. The molecular formula is C21H27N3O5S. The highest BCUT2D eigenvalue weighted by Crippen LogP contribution is 2.26. The Morgan fingerprint density at radius 3 is 2.27 bits per heavy atom. The van der Waals surface area contributed by atoms with Crippen LogP contribution >= 0.6 is 0 Å². The van der Waals surface area contributed by atoms with Gasteiger partial charge >= 0.3 is 0 Å². The molecule has 3 N–H and O–H groups in total. The quantitative estimate of drug-likeness (QED) is 0.588. The third-order valence-corrected chi connectivity index (χ3v) is 5.68. The van der Waals surface area contributed by atoms with Gasteiger partial charge in [0.15, 0.2) is 0 Å². The van der Waals surface area contributed by atoms with Crippen LogP contribution in [0.2, 0.25) is 0 Å². The standard InChI is InChI=1S/C21H27N3O5S/c1-21(2,3)24-30(27,28)18-12-16(10-11-17(18)29-4)20(26)23-14-19(25)22-13-15-8-6-5-7-9-15/h5-12,24H,13-14H2,1-4H3,(H,22,25)(H,23,26). The van der Waals surface area contributed by atoms with Crippen LogP contribution in [0.1, 0.15) is 36.7 Å². The SMILES string of the molecule is COc1ccc(C(=O)NCC(=O)NCc2ccccc2)cc1S(=O)(=O)NC(C)(C)C. The average molecular weight is 434 g/mol. The number of ether oxygens (including phenoxy) is 1. The fourth-order valence-corrected chi connectivity index (χ4v) is 4.22. The number of amides is 2. The summed E-state index contributed by atoms with van der Waals surface area (Å²) in [5.41, 5.74) is 0.327. The van der Waals surface area contributed by atoms with Crippen molar-refractivity contribution >= 4 is 21.8 Å². The van der Waals surface area contributed by atoms with Crippen LogP contribution in [-0.4, -0.2) is 39.4 Å². The van der Waals surface area contributed by atoms with Gasteiger partial charge in [0.2, 0.25) is 15.9 Å². The van der Waals surface area contributed by atoms with E-state index in [1.807, 2.05) is 30.3 Å². The largest absolute Gasteiger partial charge is 0.495 e. The predicted octanol–water partition coefficient (Wildman–Crippen LogP) is 1.82. The van der Waals surface area contributed by atoms with E-state index in [0.717, 1.165) is 5.56 Å². The van der Waals surface area contributed by atoms with Crippen molar-refractivity contribution in [2.45, 2.75) is 37.8 Å². The van der Waals surface area contributed by atoms with Crippen LogP contribution < -0.4 is 20.1 Å². The van der Waals surface area contributed by atoms with E-state index in [1.165, 1.54) is 25.3 Å². The summed E-state index contributed by atoms with van der Waals surface area (Å²) in [6.07, 6.45) is 0. The Hall–Kier alpha value is -2.91. The zero-order chi connectivity index (χ0) is 22.4. The highest BCUT2D eigenvalue weighted by molar-refractivity contribution is 7.89. The third-order valence-electron chi connectivity index (χ3n) is 3.90. The van der Waals surface area contributed by atoms with Gasteiger partial charge in [0.25, 0.3) is 5.91 Å². The second kappa shape index (κ2) is 9.73. The zero-order valence-electron chi connectivity index (χ0n) is 17.5. The van der Waals surface area contributed by atoms with Crippen LogP contribution in [0.25, 0.3) is 0 Å². The van der Waals surface area contributed by atoms with E-state index in [-0.39, 0.29) is 28.7 Å². The molecule has 162 valence electrons. The maximum Gasteiger partial charge on any atom is 0.251 e. The molecule has 2 aromatic carbocycles. The van der Waals surface area contributed by atoms with Crippen molar-refractivity contribution in [3.63, 3.8) is 0 Å². The molecule has 0 heterocycles. The molecule has 0 aliphatic rings. The smallest absolute Gasteiger partial charge is 0.251 e. The Morgan fingerprint density at radius 2 is 1.67 bits per heavy atom. The number of carbonyl (C=O) groups excluding carboxylic acids is 2. The van der Waals surface area contributed by atoms with Gasteiger partial charge in [-0.3, -0.25) is 9.59 Å². The lowest BCUT2D eigenvalue weighted by Crippen LogP contribution is -2.40. The van der Waals surface area contributed by atoms with Crippen molar-refractivity contribution < 1.29 is 22.7 Å². The summed E-state index contributed by atoms with van der Waals surface area (Å²) in [4.78, 5) is 24.3. The van der Waals surface area contributed by atoms with Crippen LogP contribution in [-0.2, 0) is 21.4 Å². The zero-order valence-corrected chi connectivity index (χ0v) is 18.3. The van der Waals surface area contributed by atoms with Crippen LogP contribution in [0.3, 0.4) is 0 Å². The van der Waals surface area contributed by atoms with Gasteiger partial charge < -0.3 is 15.4 Å². The van der Waals surface area contributed by atoms with Crippen molar-refractivity contribution in [2.75, 3.05) is 13.7 Å². The van der Waals surface area contributed by atoms with Gasteiger partial charge in [0, 0.05) is 17.6 Å². The molecule has 0 atom stereocenters. The molecule has 0 aliphatic carbocycles. The van der Waals surface area contributed by atoms with E-state index in [4.69, 9.17) is 4.74 Å². The monoisotopic (exact) mass is 433 g/mol. The van der Waals surface area contributed by atoms with Crippen molar-refractivity contribution in [3.8, 4) is 5.75 Å². The van der Waals surface area contributed by atoms with Crippen molar-refractivity contribution in [2.24, 2.45) is 0 Å². The Balaban J connectivity index is 2.06. The fourth-order valence-electron chi connectivity index (χ4n) is 2.61. The molecule has 2 amide bonds. The summed E-state index contributed by atoms with van der Waals surface area (Å²) >= 11 is 0. The molecule has 0 saturated heterocycles. The number of nitrogens with one attached hydrogen (secondary N) is 3. The molecule has 0 saturated carbocycles. The minimum atomic E-state index is -3.92. The fraction of sp³-hybridized carbons (Fsp3) is 0.333. The summed E-state index contributed by atoms with van der Waals surface area (Å²) in [6, 6.07) is 13.4. The predicted molar refractivity (Wildman–Crippen MR) is 114 cm³/mol. The lowest BCUT2D eigenvalue weighted by molar-refractivity contribution is -0.120. The van der Waals surface area contributed by atoms with E-state index < -0.39 is 21.5 Å². The molecule has 0 aliphatic heterocycles. The molecule has 8 nitrogen and oxygen atoms in total. The Labute approximate surface area is 177 Å². The van der Waals surface area contributed by atoms with E-state index in [0.29, 0.717) is 6.54 Å². The third kappa shape index (κ3) is 6.85. The first-order valence-corrected chi connectivity index (χ1v) is 10.8. The van der Waals surface area contributed by atoms with E-state index in [9.17, 15) is 18.0 Å². The summed E-state index contributed by atoms with van der Waals surface area (Å²) < 4.78 is 33.1. The van der Waals surface area contributed by atoms with Gasteiger partial charge in [-0.25, -0.2) is 13.1 Å². The summed E-state index contributed by atoms with van der Waals surface area (Å²) in [6.45, 7) is 5.24. The first kappa shape index (κ1) is 23.4. The van der Waals surface area contributed by atoms with E-state index in [1.54, 1.807) is 20.8 Å². The number of hydrogen-bond acceptors (Lipinski definition) is 5. The topological polar surface area (TPSA) is 114 Å². The Morgan fingerprint density at radius 1 is 1.00 bits per heavy atom. The molecule has 0 bridgehead atoms. The van der Waals surface area contributed by atoms with Crippen LogP contribution in [0, 0.1) is 0 Å². The number of methoxy groups -OCH3 is 1. The van der Waals surface area contributed by atoms with Crippen LogP contribution in [0.5, 0.6) is 5.75 Å². The normalized spacial score (nSPS) is 11.6. The molecule has 2 rings (SSSR count). The molecule has 2 aromatic rings. The Bertz CT molecular complexity index is 999. The van der Waals surface area contributed by atoms with E-state index >= 15 is 0 Å². The summed E-state index contributed by atoms with van der Waals surface area (Å²) in [5, 5.41) is 5.20. The highest BCUT2D eigenvalue weighted by Gasteiger charge is 2.26. The van der Waals surface area contributed by atoms with Crippen molar-refractivity contribution in [3.05, 3.63) is 59.7 Å². The summed E-state index contributed by atoms with van der Waals surface area (Å²) in [5.74, 6) is -0.813. The molecular weight excluding hydrogens is 406 g/mol. The number of rotatable bonds is 8. The number of benzene rings is 2. The first-order chi connectivity index (χ1) is 14.0.